The number of nitrogens with one attached hydrogen (secondary N) is 2. The molecule has 0 aliphatic carbocycles. The molecule has 1 aromatic carbocycles. The third-order valence-electron chi connectivity index (χ3n) is 2.71. The largest absolute Gasteiger partial charge is 0.494 e. The molecule has 0 amide bonds. The molecule has 0 fully saturated rings. The maximum atomic E-state index is 13.5. The van der Waals surface area contributed by atoms with Gasteiger partial charge in [-0.2, -0.15) is 0 Å². The maximum absolute atomic E-state index is 13.5. The summed E-state index contributed by atoms with van der Waals surface area (Å²) in [5, 5.41) is 2.79. The molecule has 0 unspecified atom stereocenters. The van der Waals surface area contributed by atoms with Crippen molar-refractivity contribution in [2.45, 2.75) is 4.90 Å². The molecule has 0 aliphatic heterocycles. The zero-order chi connectivity index (χ0) is 15.5. The molecule has 1 aromatic heterocycles. The second-order valence-electron chi connectivity index (χ2n) is 4.08. The Morgan fingerprint density at radius 3 is 2.52 bits per heavy atom. The van der Waals surface area contributed by atoms with Crippen molar-refractivity contribution in [1.82, 2.24) is 4.98 Å². The number of aromatic nitrogens is 1. The molecular formula is C13H14FN3O3S. The number of ether oxygens (including phenoxy) is 1. The lowest BCUT2D eigenvalue weighted by Crippen LogP contribution is -2.13. The highest BCUT2D eigenvalue weighted by Gasteiger charge is 2.15. The van der Waals surface area contributed by atoms with E-state index in [1.807, 2.05) is 0 Å². The van der Waals surface area contributed by atoms with Crippen molar-refractivity contribution < 1.29 is 17.5 Å². The molecule has 8 heteroatoms. The number of hydrogen-bond acceptors (Lipinski definition) is 5. The zero-order valence-electron chi connectivity index (χ0n) is 11.4. The van der Waals surface area contributed by atoms with E-state index in [1.54, 1.807) is 7.05 Å². The van der Waals surface area contributed by atoms with E-state index in [0.717, 1.165) is 6.07 Å². The second kappa shape index (κ2) is 5.96. The molecule has 112 valence electrons. The normalized spacial score (nSPS) is 11.0. The van der Waals surface area contributed by atoms with Gasteiger partial charge in [0, 0.05) is 19.3 Å². The lowest BCUT2D eigenvalue weighted by atomic mass is 10.3. The SMILES string of the molecule is CNc1ccc(S(=O)(=O)Nc2ccc(OC)c(F)c2)cn1. The first kappa shape index (κ1) is 15.0. The molecule has 1 heterocycles. The molecular weight excluding hydrogens is 297 g/mol. The number of hydrogen-bond donors (Lipinski definition) is 2. The Hall–Kier alpha value is -2.35. The van der Waals surface area contributed by atoms with Gasteiger partial charge in [0.15, 0.2) is 11.6 Å². The molecule has 0 aliphatic rings. The van der Waals surface area contributed by atoms with E-state index < -0.39 is 15.8 Å². The van der Waals surface area contributed by atoms with Gasteiger partial charge in [-0.05, 0) is 24.3 Å². The number of methoxy groups -OCH3 is 1. The fourth-order valence-corrected chi connectivity index (χ4v) is 2.62. The number of sulfonamides is 1. The van der Waals surface area contributed by atoms with Crippen LogP contribution in [0.25, 0.3) is 0 Å². The third kappa shape index (κ3) is 3.40. The van der Waals surface area contributed by atoms with E-state index in [2.05, 4.69) is 15.0 Å². The monoisotopic (exact) mass is 311 g/mol. The molecule has 21 heavy (non-hydrogen) atoms. The molecule has 0 radical (unpaired) electrons. The van der Waals surface area contributed by atoms with Crippen LogP contribution in [0.2, 0.25) is 0 Å². The fraction of sp³-hybridized carbons (Fsp3) is 0.154. The summed E-state index contributed by atoms with van der Waals surface area (Å²) in [6, 6.07) is 6.74. The van der Waals surface area contributed by atoms with Gasteiger partial charge in [-0.1, -0.05) is 0 Å². The van der Waals surface area contributed by atoms with Gasteiger partial charge in [-0.3, -0.25) is 4.72 Å². The summed E-state index contributed by atoms with van der Waals surface area (Å²) >= 11 is 0. The van der Waals surface area contributed by atoms with E-state index >= 15 is 0 Å². The van der Waals surface area contributed by atoms with Crippen LogP contribution in [0.15, 0.2) is 41.4 Å². The predicted octanol–water partition coefficient (Wildman–Crippen LogP) is 2.07. The summed E-state index contributed by atoms with van der Waals surface area (Å²) in [6.07, 6.45) is 1.22. The lowest BCUT2D eigenvalue weighted by molar-refractivity contribution is 0.386. The Labute approximate surface area is 122 Å². The van der Waals surface area contributed by atoms with Crippen LogP contribution in [-0.4, -0.2) is 27.6 Å². The second-order valence-corrected chi connectivity index (χ2v) is 5.77. The molecule has 2 N–H and O–H groups in total. The Balaban J connectivity index is 2.26. The van der Waals surface area contributed by atoms with Gasteiger partial charge in [0.25, 0.3) is 10.0 Å². The van der Waals surface area contributed by atoms with Gasteiger partial charge in [0.05, 0.1) is 12.8 Å². The molecule has 2 aromatic rings. The van der Waals surface area contributed by atoms with E-state index in [0.29, 0.717) is 5.82 Å². The Morgan fingerprint density at radius 2 is 2.00 bits per heavy atom. The first-order valence-electron chi connectivity index (χ1n) is 5.96. The van der Waals surface area contributed by atoms with E-state index in [9.17, 15) is 12.8 Å². The molecule has 0 saturated heterocycles. The van der Waals surface area contributed by atoms with Gasteiger partial charge >= 0.3 is 0 Å². The van der Waals surface area contributed by atoms with Crippen LogP contribution in [0, 0.1) is 5.82 Å². The van der Waals surface area contributed by atoms with Gasteiger partial charge in [-0.25, -0.2) is 17.8 Å². The summed E-state index contributed by atoms with van der Waals surface area (Å²) in [5.41, 5.74) is 0.103. The van der Waals surface area contributed by atoms with Crippen LogP contribution in [-0.2, 0) is 10.0 Å². The minimum atomic E-state index is -3.82. The van der Waals surface area contributed by atoms with Crippen LogP contribution in [0.4, 0.5) is 15.9 Å². The first-order valence-corrected chi connectivity index (χ1v) is 7.45. The Kier molecular flexibility index (Phi) is 4.27. The molecule has 0 bridgehead atoms. The average molecular weight is 311 g/mol. The smallest absolute Gasteiger partial charge is 0.263 e. The lowest BCUT2D eigenvalue weighted by Gasteiger charge is -2.09. The average Bonchev–Trinajstić information content (AvgIpc) is 2.47. The Morgan fingerprint density at radius 1 is 1.24 bits per heavy atom. The summed E-state index contributed by atoms with van der Waals surface area (Å²) in [7, 11) is -0.816. The third-order valence-corrected chi connectivity index (χ3v) is 4.07. The van der Waals surface area contributed by atoms with Crippen molar-refractivity contribution in [1.29, 1.82) is 0 Å². The van der Waals surface area contributed by atoms with Crippen molar-refractivity contribution >= 4 is 21.5 Å². The summed E-state index contributed by atoms with van der Waals surface area (Å²) in [5.74, 6) is -0.0659. The number of rotatable bonds is 5. The number of nitrogens with zero attached hydrogens (tertiary/aromatic N) is 1. The number of halogens is 1. The van der Waals surface area contributed by atoms with Crippen molar-refractivity contribution in [2.24, 2.45) is 0 Å². The predicted molar refractivity (Wildman–Crippen MR) is 77.5 cm³/mol. The van der Waals surface area contributed by atoms with Gasteiger partial charge in [0.2, 0.25) is 0 Å². The van der Waals surface area contributed by atoms with Crippen molar-refractivity contribution in [3.05, 3.63) is 42.3 Å². The van der Waals surface area contributed by atoms with Crippen LogP contribution in [0.5, 0.6) is 5.75 Å². The summed E-state index contributed by atoms with van der Waals surface area (Å²) in [4.78, 5) is 3.91. The standard InChI is InChI=1S/C13H14FN3O3S/c1-15-13-6-4-10(8-16-13)21(18,19)17-9-3-5-12(20-2)11(14)7-9/h3-8,17H,1-2H3,(H,15,16). The minimum Gasteiger partial charge on any atom is -0.494 e. The van der Waals surface area contributed by atoms with Gasteiger partial charge in [0.1, 0.15) is 10.7 Å². The quantitative estimate of drug-likeness (QED) is 0.883. The molecule has 0 atom stereocenters. The van der Waals surface area contributed by atoms with E-state index in [1.165, 1.54) is 37.6 Å². The van der Waals surface area contributed by atoms with Gasteiger partial charge in [-0.15, -0.1) is 0 Å². The molecule has 0 spiro atoms. The summed E-state index contributed by atoms with van der Waals surface area (Å²) < 4.78 is 44.9. The number of pyridine rings is 1. The minimum absolute atomic E-state index is 0.0160. The highest BCUT2D eigenvalue weighted by Crippen LogP contribution is 2.23. The van der Waals surface area contributed by atoms with Crippen molar-refractivity contribution in [3.8, 4) is 5.75 Å². The van der Waals surface area contributed by atoms with Gasteiger partial charge < -0.3 is 10.1 Å². The van der Waals surface area contributed by atoms with E-state index in [4.69, 9.17) is 4.74 Å². The van der Waals surface area contributed by atoms with Crippen LogP contribution in [0.1, 0.15) is 0 Å². The first-order chi connectivity index (χ1) is 9.96. The maximum Gasteiger partial charge on any atom is 0.263 e. The Bertz CT molecular complexity index is 733. The van der Waals surface area contributed by atoms with Crippen molar-refractivity contribution in [2.75, 3.05) is 24.2 Å². The van der Waals surface area contributed by atoms with E-state index in [-0.39, 0.29) is 16.3 Å². The highest BCUT2D eigenvalue weighted by molar-refractivity contribution is 7.92. The van der Waals surface area contributed by atoms with Crippen LogP contribution >= 0.6 is 0 Å². The fourth-order valence-electron chi connectivity index (χ4n) is 1.63. The topological polar surface area (TPSA) is 80.3 Å². The molecule has 0 saturated carbocycles. The van der Waals surface area contributed by atoms with Crippen molar-refractivity contribution in [3.63, 3.8) is 0 Å². The summed E-state index contributed by atoms with van der Waals surface area (Å²) in [6.45, 7) is 0. The van der Waals surface area contributed by atoms with Crippen LogP contribution < -0.4 is 14.8 Å². The van der Waals surface area contributed by atoms with Crippen LogP contribution in [0.3, 0.4) is 0 Å². The molecule has 2 rings (SSSR count). The zero-order valence-corrected chi connectivity index (χ0v) is 12.2. The molecule has 6 nitrogen and oxygen atoms in total. The number of anilines is 2. The highest BCUT2D eigenvalue weighted by atomic mass is 32.2. The number of benzene rings is 1.